The molecule has 1 aliphatic heterocycles. The van der Waals surface area contributed by atoms with Gasteiger partial charge in [0, 0.05) is 19.6 Å². The van der Waals surface area contributed by atoms with E-state index in [2.05, 4.69) is 26.3 Å². The number of carbonyl (C=O) groups excluding carboxylic acids is 2. The number of halogens is 1. The fourth-order valence-electron chi connectivity index (χ4n) is 2.37. The van der Waals surface area contributed by atoms with Crippen LogP contribution in [0.5, 0.6) is 0 Å². The minimum Gasteiger partial charge on any atom is -0.341 e. The van der Waals surface area contributed by atoms with Crippen molar-refractivity contribution in [3.63, 3.8) is 0 Å². The Labute approximate surface area is 126 Å². The summed E-state index contributed by atoms with van der Waals surface area (Å²) in [5.74, 6) is -0.300. The molecule has 0 bridgehead atoms. The Morgan fingerprint density at radius 3 is 2.70 bits per heavy atom. The normalized spacial score (nSPS) is 16.2. The van der Waals surface area contributed by atoms with Gasteiger partial charge in [-0.15, -0.1) is 0 Å². The molecule has 0 spiro atoms. The molecular formula is C13H19BrN4O2. The number of nitrogens with one attached hydrogen (secondary N) is 1. The lowest BCUT2D eigenvalue weighted by molar-refractivity contribution is -0.131. The van der Waals surface area contributed by atoms with Gasteiger partial charge in [-0.3, -0.25) is 14.3 Å². The molecule has 1 saturated heterocycles. The van der Waals surface area contributed by atoms with Crippen LogP contribution in [0.4, 0.5) is 0 Å². The van der Waals surface area contributed by atoms with E-state index in [0.717, 1.165) is 25.9 Å². The SMILES string of the molecule is CCn1ncc(Br)c1C(=O)N[C@@H](C)C(=O)N1CCCC1. The van der Waals surface area contributed by atoms with E-state index < -0.39 is 6.04 Å². The van der Waals surface area contributed by atoms with E-state index in [1.54, 1.807) is 22.7 Å². The lowest BCUT2D eigenvalue weighted by Crippen LogP contribution is -2.46. The predicted molar refractivity (Wildman–Crippen MR) is 78.3 cm³/mol. The third-order valence-corrected chi connectivity index (χ3v) is 4.03. The second-order valence-electron chi connectivity index (χ2n) is 4.88. The van der Waals surface area contributed by atoms with E-state index in [4.69, 9.17) is 0 Å². The Bertz CT molecular complexity index is 508. The van der Waals surface area contributed by atoms with Crippen LogP contribution in [0.2, 0.25) is 0 Å². The van der Waals surface area contributed by atoms with Gasteiger partial charge in [-0.1, -0.05) is 0 Å². The molecule has 0 aromatic carbocycles. The maximum atomic E-state index is 12.3. The zero-order valence-electron chi connectivity index (χ0n) is 11.7. The standard InChI is InChI=1S/C13H19BrN4O2/c1-3-18-11(10(14)8-15-18)12(19)16-9(2)13(20)17-6-4-5-7-17/h8-9H,3-7H2,1-2H3,(H,16,19)/t9-/m0/s1. The number of aromatic nitrogens is 2. The van der Waals surface area contributed by atoms with Crippen LogP contribution < -0.4 is 5.32 Å². The Hall–Kier alpha value is -1.37. The Morgan fingerprint density at radius 2 is 2.10 bits per heavy atom. The van der Waals surface area contributed by atoms with Gasteiger partial charge in [-0.25, -0.2) is 0 Å². The average molecular weight is 343 g/mol. The van der Waals surface area contributed by atoms with Crippen molar-refractivity contribution in [3.05, 3.63) is 16.4 Å². The van der Waals surface area contributed by atoms with Crippen molar-refractivity contribution >= 4 is 27.7 Å². The number of carbonyl (C=O) groups is 2. The summed E-state index contributed by atoms with van der Waals surface area (Å²) in [7, 11) is 0. The smallest absolute Gasteiger partial charge is 0.271 e. The maximum Gasteiger partial charge on any atom is 0.271 e. The maximum absolute atomic E-state index is 12.3. The minimum absolute atomic E-state index is 0.0189. The van der Waals surface area contributed by atoms with Crippen molar-refractivity contribution in [1.82, 2.24) is 20.0 Å². The zero-order chi connectivity index (χ0) is 14.7. The summed E-state index contributed by atoms with van der Waals surface area (Å²) in [6.07, 6.45) is 3.67. The van der Waals surface area contributed by atoms with Gasteiger partial charge in [0.2, 0.25) is 5.91 Å². The molecule has 1 aromatic heterocycles. The van der Waals surface area contributed by atoms with Gasteiger partial charge in [0.05, 0.1) is 10.7 Å². The molecule has 1 aromatic rings. The van der Waals surface area contributed by atoms with Crippen LogP contribution in [0.3, 0.4) is 0 Å². The molecule has 0 unspecified atom stereocenters. The Morgan fingerprint density at radius 1 is 1.45 bits per heavy atom. The summed E-state index contributed by atoms with van der Waals surface area (Å²) in [5.41, 5.74) is 0.452. The highest BCUT2D eigenvalue weighted by atomic mass is 79.9. The summed E-state index contributed by atoms with van der Waals surface area (Å²) < 4.78 is 2.24. The summed E-state index contributed by atoms with van der Waals surface area (Å²) in [5, 5.41) is 6.85. The molecule has 0 saturated carbocycles. The highest BCUT2D eigenvalue weighted by Gasteiger charge is 2.26. The zero-order valence-corrected chi connectivity index (χ0v) is 13.3. The fraction of sp³-hybridized carbons (Fsp3) is 0.615. The molecule has 20 heavy (non-hydrogen) atoms. The van der Waals surface area contributed by atoms with E-state index in [1.807, 2.05) is 6.92 Å². The third-order valence-electron chi connectivity index (χ3n) is 3.45. The Kier molecular flexibility index (Phi) is 4.80. The molecular weight excluding hydrogens is 324 g/mol. The van der Waals surface area contributed by atoms with Crippen LogP contribution in [0.1, 0.15) is 37.2 Å². The van der Waals surface area contributed by atoms with Crippen molar-refractivity contribution < 1.29 is 9.59 Å². The van der Waals surface area contributed by atoms with Crippen LogP contribution in [-0.2, 0) is 11.3 Å². The van der Waals surface area contributed by atoms with Crippen LogP contribution in [0, 0.1) is 0 Å². The Balaban J connectivity index is 2.03. The van der Waals surface area contributed by atoms with Crippen LogP contribution in [0.25, 0.3) is 0 Å². The quantitative estimate of drug-likeness (QED) is 0.899. The van der Waals surface area contributed by atoms with Gasteiger partial charge in [0.15, 0.2) is 0 Å². The summed E-state index contributed by atoms with van der Waals surface area (Å²) in [6.45, 7) is 5.81. The second kappa shape index (κ2) is 6.39. The summed E-state index contributed by atoms with van der Waals surface area (Å²) in [4.78, 5) is 26.2. The average Bonchev–Trinajstić information content (AvgIpc) is 3.06. The molecule has 1 atom stereocenters. The van der Waals surface area contributed by atoms with Gasteiger partial charge >= 0.3 is 0 Å². The van der Waals surface area contributed by atoms with Crippen molar-refractivity contribution in [2.24, 2.45) is 0 Å². The molecule has 2 amide bonds. The monoisotopic (exact) mass is 342 g/mol. The third kappa shape index (κ3) is 3.03. The first-order chi connectivity index (χ1) is 9.54. The number of rotatable bonds is 4. The number of hydrogen-bond acceptors (Lipinski definition) is 3. The lowest BCUT2D eigenvalue weighted by Gasteiger charge is -2.21. The van der Waals surface area contributed by atoms with Crippen molar-refractivity contribution in [3.8, 4) is 0 Å². The van der Waals surface area contributed by atoms with Crippen LogP contribution in [-0.4, -0.2) is 45.6 Å². The molecule has 2 rings (SSSR count). The largest absolute Gasteiger partial charge is 0.341 e. The van der Waals surface area contributed by atoms with E-state index in [0.29, 0.717) is 16.7 Å². The van der Waals surface area contributed by atoms with E-state index in [9.17, 15) is 9.59 Å². The predicted octanol–water partition coefficient (Wildman–Crippen LogP) is 1.41. The molecule has 7 heteroatoms. The molecule has 6 nitrogen and oxygen atoms in total. The number of aryl methyl sites for hydroxylation is 1. The highest BCUT2D eigenvalue weighted by Crippen LogP contribution is 2.16. The second-order valence-corrected chi connectivity index (χ2v) is 5.74. The van der Waals surface area contributed by atoms with Crippen molar-refractivity contribution in [2.75, 3.05) is 13.1 Å². The van der Waals surface area contributed by atoms with Crippen molar-refractivity contribution in [2.45, 2.75) is 39.3 Å². The number of nitrogens with zero attached hydrogens (tertiary/aromatic N) is 3. The van der Waals surface area contributed by atoms with Gasteiger partial charge in [-0.2, -0.15) is 5.10 Å². The first-order valence-corrected chi connectivity index (χ1v) is 7.64. The number of hydrogen-bond donors (Lipinski definition) is 1. The summed E-state index contributed by atoms with van der Waals surface area (Å²) in [6, 6.07) is -0.521. The molecule has 1 aliphatic rings. The molecule has 1 N–H and O–H groups in total. The van der Waals surface area contributed by atoms with Gasteiger partial charge in [0.25, 0.3) is 5.91 Å². The first kappa shape index (κ1) is 15.0. The summed E-state index contributed by atoms with van der Waals surface area (Å²) >= 11 is 3.31. The van der Waals surface area contributed by atoms with E-state index >= 15 is 0 Å². The molecule has 0 radical (unpaired) electrons. The lowest BCUT2D eigenvalue weighted by atomic mass is 10.2. The minimum atomic E-state index is -0.521. The van der Waals surface area contributed by atoms with Crippen molar-refractivity contribution in [1.29, 1.82) is 0 Å². The fourth-order valence-corrected chi connectivity index (χ4v) is 2.84. The molecule has 110 valence electrons. The highest BCUT2D eigenvalue weighted by molar-refractivity contribution is 9.10. The number of amides is 2. The topological polar surface area (TPSA) is 67.2 Å². The van der Waals surface area contributed by atoms with Gasteiger partial charge in [0.1, 0.15) is 11.7 Å². The van der Waals surface area contributed by atoms with Gasteiger partial charge < -0.3 is 10.2 Å². The van der Waals surface area contributed by atoms with Gasteiger partial charge in [-0.05, 0) is 42.6 Å². The first-order valence-electron chi connectivity index (χ1n) is 6.85. The van der Waals surface area contributed by atoms with E-state index in [-0.39, 0.29) is 11.8 Å². The van der Waals surface area contributed by atoms with Crippen LogP contribution in [0.15, 0.2) is 10.7 Å². The molecule has 1 fully saturated rings. The molecule has 2 heterocycles. The van der Waals surface area contributed by atoms with E-state index in [1.165, 1.54) is 0 Å². The van der Waals surface area contributed by atoms with Crippen LogP contribution >= 0.6 is 15.9 Å². The number of likely N-dealkylation sites (tertiary alicyclic amines) is 1. The molecule has 0 aliphatic carbocycles.